The number of likely N-dealkylation sites (N-methyl/N-ethyl adjacent to an activating group) is 1. The first-order valence-electron chi connectivity index (χ1n) is 7.95. The van der Waals surface area contributed by atoms with E-state index in [0.29, 0.717) is 10.8 Å². The zero-order chi connectivity index (χ0) is 17.6. The van der Waals surface area contributed by atoms with Crippen molar-refractivity contribution in [2.24, 2.45) is 0 Å². The number of hydrogen-bond donors (Lipinski definition) is 0. The molecule has 0 spiro atoms. The van der Waals surface area contributed by atoms with Gasteiger partial charge in [0.25, 0.3) is 5.91 Å². The van der Waals surface area contributed by atoms with E-state index < -0.39 is 17.6 Å². The zero-order valence-corrected chi connectivity index (χ0v) is 14.1. The molecule has 3 atom stereocenters. The minimum absolute atomic E-state index is 0.0399. The molecule has 3 unspecified atom stereocenters. The van der Waals surface area contributed by atoms with Crippen LogP contribution in [0.3, 0.4) is 0 Å². The molecule has 2 heterocycles. The van der Waals surface area contributed by atoms with Crippen molar-refractivity contribution in [2.45, 2.75) is 38.9 Å². The molecule has 0 saturated carbocycles. The van der Waals surface area contributed by atoms with Crippen molar-refractivity contribution in [3.05, 3.63) is 46.5 Å². The highest BCUT2D eigenvalue weighted by molar-refractivity contribution is 5.98. The molecule has 6 heteroatoms. The van der Waals surface area contributed by atoms with Gasteiger partial charge in [-0.25, -0.2) is 4.79 Å². The number of piperazine rings is 1. The lowest BCUT2D eigenvalue weighted by Gasteiger charge is -2.46. The first kappa shape index (κ1) is 16.2. The number of nitrogens with zero attached hydrogens (tertiary/aromatic N) is 2. The molecule has 0 aliphatic carbocycles. The van der Waals surface area contributed by atoms with E-state index in [-0.39, 0.29) is 23.8 Å². The minimum atomic E-state index is -0.606. The fourth-order valence-electron chi connectivity index (χ4n) is 3.25. The highest BCUT2D eigenvalue weighted by Gasteiger charge is 2.42. The van der Waals surface area contributed by atoms with Gasteiger partial charge in [0.15, 0.2) is 5.76 Å². The van der Waals surface area contributed by atoms with Crippen molar-refractivity contribution in [2.75, 3.05) is 7.05 Å². The van der Waals surface area contributed by atoms with Gasteiger partial charge in [0.05, 0.1) is 11.4 Å². The average molecular weight is 328 g/mol. The Kier molecular flexibility index (Phi) is 3.91. The number of rotatable bonds is 1. The van der Waals surface area contributed by atoms with Crippen LogP contribution in [-0.4, -0.2) is 46.8 Å². The van der Waals surface area contributed by atoms with Crippen LogP contribution in [0.5, 0.6) is 0 Å². The summed E-state index contributed by atoms with van der Waals surface area (Å²) < 4.78 is 5.23. The number of carbonyl (C=O) groups is 2. The summed E-state index contributed by atoms with van der Waals surface area (Å²) in [5.41, 5.74) is -0.551. The van der Waals surface area contributed by atoms with Crippen LogP contribution in [0.4, 0.5) is 0 Å². The molecular weight excluding hydrogens is 308 g/mol. The van der Waals surface area contributed by atoms with E-state index in [1.54, 1.807) is 49.2 Å². The third-order valence-corrected chi connectivity index (χ3v) is 4.99. The summed E-state index contributed by atoms with van der Waals surface area (Å²) in [6.45, 7) is 5.48. The highest BCUT2D eigenvalue weighted by Crippen LogP contribution is 2.24. The number of benzene rings is 1. The Morgan fingerprint density at radius 2 is 1.75 bits per heavy atom. The molecule has 1 aromatic carbocycles. The molecule has 3 rings (SSSR count). The van der Waals surface area contributed by atoms with Gasteiger partial charge in [-0.1, -0.05) is 18.2 Å². The summed E-state index contributed by atoms with van der Waals surface area (Å²) in [5.74, 6) is -0.606. The van der Waals surface area contributed by atoms with Crippen LogP contribution >= 0.6 is 0 Å². The van der Waals surface area contributed by atoms with Gasteiger partial charge in [-0.2, -0.15) is 0 Å². The predicted molar refractivity (Wildman–Crippen MR) is 89.8 cm³/mol. The van der Waals surface area contributed by atoms with E-state index in [2.05, 4.69) is 0 Å². The van der Waals surface area contributed by atoms with Crippen LogP contribution in [0.15, 0.2) is 39.5 Å². The van der Waals surface area contributed by atoms with Crippen molar-refractivity contribution in [3.8, 4) is 0 Å². The van der Waals surface area contributed by atoms with E-state index in [4.69, 9.17) is 4.42 Å². The Bertz CT molecular complexity index is 873. The first-order valence-corrected chi connectivity index (χ1v) is 7.95. The Hall–Kier alpha value is -2.63. The molecule has 1 aliphatic heterocycles. The van der Waals surface area contributed by atoms with Crippen molar-refractivity contribution < 1.29 is 14.0 Å². The van der Waals surface area contributed by atoms with Gasteiger partial charge in [0.1, 0.15) is 6.04 Å². The largest absolute Gasteiger partial charge is 0.417 e. The quantitative estimate of drug-likeness (QED) is 0.801. The van der Waals surface area contributed by atoms with Crippen molar-refractivity contribution >= 4 is 22.6 Å². The number of fused-ring (bicyclic) bond motifs is 1. The predicted octanol–water partition coefficient (Wildman–Crippen LogP) is 1.87. The standard InChI is InChI=1S/C18H20N2O4/c1-10-11(2)20(12(3)16(21)19(10)4)17(22)15-9-13-7-5-6-8-14(13)18(23)24-15/h5-12H,1-4H3. The smallest absolute Gasteiger partial charge is 0.344 e. The van der Waals surface area contributed by atoms with Gasteiger partial charge in [0.2, 0.25) is 5.91 Å². The second kappa shape index (κ2) is 5.78. The molecule has 1 aromatic heterocycles. The van der Waals surface area contributed by atoms with E-state index in [9.17, 15) is 14.4 Å². The van der Waals surface area contributed by atoms with E-state index >= 15 is 0 Å². The van der Waals surface area contributed by atoms with Crippen LogP contribution < -0.4 is 5.63 Å². The van der Waals surface area contributed by atoms with Crippen molar-refractivity contribution in [3.63, 3.8) is 0 Å². The van der Waals surface area contributed by atoms with Crippen LogP contribution in [0.1, 0.15) is 31.3 Å². The number of amides is 2. The second-order valence-electron chi connectivity index (χ2n) is 6.30. The molecule has 0 N–H and O–H groups in total. The molecule has 1 aliphatic rings. The highest BCUT2D eigenvalue weighted by atomic mass is 16.4. The van der Waals surface area contributed by atoms with Crippen LogP contribution in [0, 0.1) is 0 Å². The molecule has 1 fully saturated rings. The van der Waals surface area contributed by atoms with Crippen molar-refractivity contribution in [1.82, 2.24) is 9.80 Å². The Morgan fingerprint density at radius 3 is 2.46 bits per heavy atom. The van der Waals surface area contributed by atoms with Gasteiger partial charge in [-0.15, -0.1) is 0 Å². The summed E-state index contributed by atoms with van der Waals surface area (Å²) in [5, 5.41) is 1.07. The summed E-state index contributed by atoms with van der Waals surface area (Å²) in [6, 6.07) is 7.60. The summed E-state index contributed by atoms with van der Waals surface area (Å²) in [6.07, 6.45) is 0. The average Bonchev–Trinajstić information content (AvgIpc) is 2.58. The van der Waals surface area contributed by atoms with Gasteiger partial charge in [-0.05, 0) is 38.3 Å². The summed E-state index contributed by atoms with van der Waals surface area (Å²) in [7, 11) is 1.73. The van der Waals surface area contributed by atoms with Crippen molar-refractivity contribution in [1.29, 1.82) is 0 Å². The Morgan fingerprint density at radius 1 is 1.08 bits per heavy atom. The summed E-state index contributed by atoms with van der Waals surface area (Å²) in [4.78, 5) is 40.5. The van der Waals surface area contributed by atoms with Gasteiger partial charge in [0, 0.05) is 13.1 Å². The third-order valence-electron chi connectivity index (χ3n) is 4.99. The van der Waals surface area contributed by atoms with Crippen LogP contribution in [0.2, 0.25) is 0 Å². The van der Waals surface area contributed by atoms with E-state index in [1.807, 2.05) is 13.8 Å². The Labute approximate surface area is 139 Å². The first-order chi connectivity index (χ1) is 11.3. The zero-order valence-electron chi connectivity index (χ0n) is 14.1. The lowest BCUT2D eigenvalue weighted by Crippen LogP contribution is -2.64. The van der Waals surface area contributed by atoms with Gasteiger partial charge < -0.3 is 14.2 Å². The monoisotopic (exact) mass is 328 g/mol. The summed E-state index contributed by atoms with van der Waals surface area (Å²) >= 11 is 0. The fourth-order valence-corrected chi connectivity index (χ4v) is 3.25. The van der Waals surface area contributed by atoms with Gasteiger partial charge in [-0.3, -0.25) is 9.59 Å². The SMILES string of the molecule is CC1C(C)N(C(=O)c2cc3ccccc3c(=O)o2)C(C)C(=O)N1C. The second-order valence-corrected chi connectivity index (χ2v) is 6.30. The Balaban J connectivity index is 2.05. The number of hydrogen-bond acceptors (Lipinski definition) is 4. The fraction of sp³-hybridized carbons (Fsp3) is 0.389. The molecule has 126 valence electrons. The molecule has 24 heavy (non-hydrogen) atoms. The van der Waals surface area contributed by atoms with Crippen LogP contribution in [0.25, 0.3) is 10.8 Å². The molecule has 2 amide bonds. The van der Waals surface area contributed by atoms with Gasteiger partial charge >= 0.3 is 5.63 Å². The molecule has 0 bridgehead atoms. The molecule has 2 aromatic rings. The maximum Gasteiger partial charge on any atom is 0.344 e. The van der Waals surface area contributed by atoms with E-state index in [1.165, 1.54) is 4.90 Å². The topological polar surface area (TPSA) is 70.8 Å². The minimum Gasteiger partial charge on any atom is -0.417 e. The maximum atomic E-state index is 12.9. The van der Waals surface area contributed by atoms with E-state index in [0.717, 1.165) is 0 Å². The normalized spacial score (nSPS) is 24.5. The maximum absolute atomic E-state index is 12.9. The third kappa shape index (κ3) is 2.38. The van der Waals surface area contributed by atoms with Crippen LogP contribution in [-0.2, 0) is 4.79 Å². The lowest BCUT2D eigenvalue weighted by atomic mass is 9.99. The molecule has 6 nitrogen and oxygen atoms in total. The molecule has 0 radical (unpaired) electrons. The number of carbonyl (C=O) groups excluding carboxylic acids is 2. The molecule has 1 saturated heterocycles. The molecular formula is C18H20N2O4. The lowest BCUT2D eigenvalue weighted by molar-refractivity contribution is -0.143.